The van der Waals surface area contributed by atoms with Gasteiger partial charge in [0.15, 0.2) is 5.69 Å². The van der Waals surface area contributed by atoms with Gasteiger partial charge in [0.1, 0.15) is 0 Å². The normalized spacial score (nSPS) is 14.5. The number of nitro groups is 2. The van der Waals surface area contributed by atoms with Crippen molar-refractivity contribution in [2.45, 2.75) is 19.8 Å². The molecular weight excluding hydrogens is 306 g/mol. The summed E-state index contributed by atoms with van der Waals surface area (Å²) in [5.74, 6) is -0.596. The van der Waals surface area contributed by atoms with Crippen molar-refractivity contribution in [1.82, 2.24) is 10.4 Å². The lowest BCUT2D eigenvalue weighted by atomic mass is 10.1. The number of nitro benzene ring substituents is 2. The van der Waals surface area contributed by atoms with E-state index in [1.807, 2.05) is 0 Å². The number of hydrogen-bond acceptors (Lipinski definition) is 7. The number of nitrogens with one attached hydrogen (secondary N) is 2. The van der Waals surface area contributed by atoms with Gasteiger partial charge in [0, 0.05) is 31.8 Å². The van der Waals surface area contributed by atoms with Gasteiger partial charge in [0.2, 0.25) is 0 Å². The molecular formula is C13H17N5O5. The van der Waals surface area contributed by atoms with Gasteiger partial charge in [-0.1, -0.05) is 0 Å². The number of hydrogen-bond donors (Lipinski definition) is 2. The number of amides is 1. The first-order valence-electron chi connectivity index (χ1n) is 7.20. The number of anilines is 1. The van der Waals surface area contributed by atoms with Gasteiger partial charge in [-0.25, -0.2) is 5.01 Å². The molecule has 1 aromatic rings. The molecule has 124 valence electrons. The van der Waals surface area contributed by atoms with Crippen molar-refractivity contribution in [1.29, 1.82) is 0 Å². The van der Waals surface area contributed by atoms with Crippen LogP contribution in [0, 0.1) is 20.2 Å². The molecule has 0 saturated carbocycles. The number of carbonyl (C=O) groups excluding carboxylic acids is 1. The summed E-state index contributed by atoms with van der Waals surface area (Å²) in [6.07, 6.45) is 1.89. The third-order valence-corrected chi connectivity index (χ3v) is 3.47. The number of rotatable bonds is 6. The Bertz CT molecular complexity index is 607. The highest BCUT2D eigenvalue weighted by Gasteiger charge is 2.28. The first-order chi connectivity index (χ1) is 10.9. The lowest BCUT2D eigenvalue weighted by molar-refractivity contribution is -0.392. The van der Waals surface area contributed by atoms with E-state index < -0.39 is 27.1 Å². The second kappa shape index (κ2) is 7.01. The Labute approximate surface area is 131 Å². The summed E-state index contributed by atoms with van der Waals surface area (Å²) >= 11 is 0. The molecule has 0 unspecified atom stereocenters. The topological polar surface area (TPSA) is 131 Å². The smallest absolute Gasteiger partial charge is 0.300 e. The molecule has 23 heavy (non-hydrogen) atoms. The predicted octanol–water partition coefficient (Wildman–Crippen LogP) is 1.68. The summed E-state index contributed by atoms with van der Waals surface area (Å²) in [6, 6.07) is 2.10. The number of benzene rings is 1. The third-order valence-electron chi connectivity index (χ3n) is 3.47. The molecule has 1 fully saturated rings. The van der Waals surface area contributed by atoms with E-state index in [2.05, 4.69) is 10.7 Å². The monoisotopic (exact) mass is 323 g/mol. The molecule has 0 atom stereocenters. The van der Waals surface area contributed by atoms with E-state index in [9.17, 15) is 25.0 Å². The van der Waals surface area contributed by atoms with Gasteiger partial charge < -0.3 is 5.32 Å². The SMILES string of the molecule is CCNc1c([N+](=O)[O-])cc(C(=O)NN2CCCC2)cc1[N+](=O)[O-]. The van der Waals surface area contributed by atoms with Gasteiger partial charge in [-0.3, -0.25) is 30.4 Å². The second-order valence-electron chi connectivity index (χ2n) is 5.07. The molecule has 0 spiro atoms. The van der Waals surface area contributed by atoms with Crippen molar-refractivity contribution < 1.29 is 14.6 Å². The zero-order valence-corrected chi connectivity index (χ0v) is 12.6. The van der Waals surface area contributed by atoms with E-state index in [4.69, 9.17) is 0 Å². The lowest BCUT2D eigenvalue weighted by Crippen LogP contribution is -2.40. The number of carbonyl (C=O) groups is 1. The maximum atomic E-state index is 12.2. The molecule has 1 saturated heterocycles. The Hall–Kier alpha value is -2.75. The van der Waals surface area contributed by atoms with E-state index in [1.54, 1.807) is 11.9 Å². The zero-order valence-electron chi connectivity index (χ0n) is 12.6. The average Bonchev–Trinajstić information content (AvgIpc) is 2.99. The largest absolute Gasteiger partial charge is 0.374 e. The molecule has 2 N–H and O–H groups in total. The molecule has 0 aliphatic carbocycles. The summed E-state index contributed by atoms with van der Waals surface area (Å²) in [5, 5.41) is 26.7. The first-order valence-corrected chi connectivity index (χ1v) is 7.20. The predicted molar refractivity (Wildman–Crippen MR) is 82.2 cm³/mol. The van der Waals surface area contributed by atoms with Crippen LogP contribution in [-0.4, -0.2) is 40.4 Å². The molecule has 1 aliphatic rings. The minimum atomic E-state index is -0.738. The van der Waals surface area contributed by atoms with E-state index in [-0.39, 0.29) is 17.8 Å². The molecule has 0 radical (unpaired) electrons. The molecule has 1 aliphatic heterocycles. The molecule has 1 amide bonds. The zero-order chi connectivity index (χ0) is 17.0. The van der Waals surface area contributed by atoms with Crippen LogP contribution < -0.4 is 10.7 Å². The van der Waals surface area contributed by atoms with Gasteiger partial charge in [0.25, 0.3) is 17.3 Å². The maximum absolute atomic E-state index is 12.2. The molecule has 10 nitrogen and oxygen atoms in total. The second-order valence-corrected chi connectivity index (χ2v) is 5.07. The standard InChI is InChI=1S/C13H17N5O5/c1-2-14-12-10(17(20)21)7-9(8-11(12)18(22)23)13(19)15-16-5-3-4-6-16/h7-8,14H,2-6H2,1H3,(H,15,19). The van der Waals surface area contributed by atoms with E-state index in [1.165, 1.54) is 0 Å². The van der Waals surface area contributed by atoms with Gasteiger partial charge in [0.05, 0.1) is 15.4 Å². The van der Waals surface area contributed by atoms with Crippen LogP contribution in [-0.2, 0) is 0 Å². The fraction of sp³-hybridized carbons (Fsp3) is 0.462. The van der Waals surface area contributed by atoms with Gasteiger partial charge in [-0.2, -0.15) is 0 Å². The van der Waals surface area contributed by atoms with Crippen molar-refractivity contribution >= 4 is 23.0 Å². The molecule has 1 heterocycles. The van der Waals surface area contributed by atoms with Crippen LogP contribution in [0.4, 0.5) is 17.1 Å². The third kappa shape index (κ3) is 3.72. The van der Waals surface area contributed by atoms with Crippen LogP contribution in [0.25, 0.3) is 0 Å². The van der Waals surface area contributed by atoms with Crippen LogP contribution in [0.1, 0.15) is 30.1 Å². The summed E-state index contributed by atoms with van der Waals surface area (Å²) in [4.78, 5) is 33.1. The highest BCUT2D eigenvalue weighted by molar-refractivity contribution is 5.97. The Morgan fingerprint density at radius 3 is 2.13 bits per heavy atom. The van der Waals surface area contributed by atoms with E-state index in [0.29, 0.717) is 13.1 Å². The Kier molecular flexibility index (Phi) is 5.06. The highest BCUT2D eigenvalue weighted by atomic mass is 16.6. The number of nitrogens with zero attached hydrogens (tertiary/aromatic N) is 3. The van der Waals surface area contributed by atoms with Crippen molar-refractivity contribution in [3.63, 3.8) is 0 Å². The van der Waals surface area contributed by atoms with Gasteiger partial charge in [-0.15, -0.1) is 0 Å². The van der Waals surface area contributed by atoms with Crippen molar-refractivity contribution in [3.05, 3.63) is 37.9 Å². The maximum Gasteiger partial charge on any atom is 0.300 e. The minimum Gasteiger partial charge on any atom is -0.374 e. The lowest BCUT2D eigenvalue weighted by Gasteiger charge is -2.16. The van der Waals surface area contributed by atoms with Crippen LogP contribution in [0.15, 0.2) is 12.1 Å². The van der Waals surface area contributed by atoms with E-state index in [0.717, 1.165) is 25.0 Å². The van der Waals surface area contributed by atoms with Crippen molar-refractivity contribution in [2.24, 2.45) is 0 Å². The van der Waals surface area contributed by atoms with Crippen LogP contribution in [0.2, 0.25) is 0 Å². The number of hydrazine groups is 1. The molecule has 0 aromatic heterocycles. The molecule has 2 rings (SSSR count). The fourth-order valence-corrected chi connectivity index (χ4v) is 2.43. The fourth-order valence-electron chi connectivity index (χ4n) is 2.43. The van der Waals surface area contributed by atoms with Crippen LogP contribution >= 0.6 is 0 Å². The Morgan fingerprint density at radius 2 is 1.70 bits per heavy atom. The minimum absolute atomic E-state index is 0.114. The van der Waals surface area contributed by atoms with Crippen LogP contribution in [0.3, 0.4) is 0 Å². The Morgan fingerprint density at radius 1 is 1.17 bits per heavy atom. The highest BCUT2D eigenvalue weighted by Crippen LogP contribution is 2.35. The van der Waals surface area contributed by atoms with Crippen molar-refractivity contribution in [2.75, 3.05) is 25.0 Å². The van der Waals surface area contributed by atoms with Gasteiger partial charge in [-0.05, 0) is 19.8 Å². The summed E-state index contributed by atoms with van der Waals surface area (Å²) < 4.78 is 0. The van der Waals surface area contributed by atoms with Gasteiger partial charge >= 0.3 is 0 Å². The first kappa shape index (κ1) is 16.6. The van der Waals surface area contributed by atoms with E-state index >= 15 is 0 Å². The summed E-state index contributed by atoms with van der Waals surface area (Å²) in [5.41, 5.74) is 1.31. The van der Waals surface area contributed by atoms with Crippen molar-refractivity contribution in [3.8, 4) is 0 Å². The molecule has 0 bridgehead atoms. The Balaban J connectivity index is 2.41. The van der Waals surface area contributed by atoms with Crippen LogP contribution in [0.5, 0.6) is 0 Å². The summed E-state index contributed by atoms with van der Waals surface area (Å²) in [7, 11) is 0. The average molecular weight is 323 g/mol. The summed E-state index contributed by atoms with van der Waals surface area (Å²) in [6.45, 7) is 3.32. The quantitative estimate of drug-likeness (QED) is 0.601. The molecule has 1 aromatic carbocycles. The molecule has 10 heteroatoms.